The van der Waals surface area contributed by atoms with E-state index in [2.05, 4.69) is 84.8 Å². The van der Waals surface area contributed by atoms with Crippen molar-refractivity contribution >= 4 is 10.9 Å². The fourth-order valence-corrected chi connectivity index (χ4v) is 3.77. The summed E-state index contributed by atoms with van der Waals surface area (Å²) in [5.41, 5.74) is 9.79. The number of hydrogen-bond donors (Lipinski definition) is 0. The fourth-order valence-electron chi connectivity index (χ4n) is 3.77. The molecule has 0 atom stereocenters. The molecule has 0 saturated heterocycles. The lowest BCUT2D eigenvalue weighted by molar-refractivity contribution is -0.633. The maximum Gasteiger partial charge on any atom is 0.213 e. The van der Waals surface area contributed by atoms with Crippen molar-refractivity contribution in [3.63, 3.8) is 0 Å². The SMILES string of the molecule is Cc1cc(C)c(C)c(-c2cc(-c3cnc(C)nc3)c3ccccc3[n+]2C)c1. The standard InChI is InChI=1S/C24H24N3/c1-15-10-16(2)17(3)21(11-15)24-12-22(19-13-25-18(4)26-14-19)20-8-6-7-9-23(20)27(24)5/h6-14H,1-5H3/q+1. The molecule has 4 rings (SSSR count). The highest BCUT2D eigenvalue weighted by atomic mass is 14.9. The number of aromatic nitrogens is 3. The minimum Gasteiger partial charge on any atom is -0.241 e. The molecule has 0 aliphatic rings. The number of para-hydroxylation sites is 1. The summed E-state index contributed by atoms with van der Waals surface area (Å²) in [6.45, 7) is 8.46. The highest BCUT2D eigenvalue weighted by molar-refractivity contribution is 5.94. The molecule has 3 heteroatoms. The van der Waals surface area contributed by atoms with Gasteiger partial charge in [-0.15, -0.1) is 0 Å². The average molecular weight is 354 g/mol. The van der Waals surface area contributed by atoms with Gasteiger partial charge in [-0.3, -0.25) is 0 Å². The molecule has 2 aromatic heterocycles. The molecule has 0 unspecified atom stereocenters. The van der Waals surface area contributed by atoms with Crippen LogP contribution in [0.1, 0.15) is 22.5 Å². The molecule has 0 spiro atoms. The Bertz CT molecular complexity index is 1160. The Hall–Kier alpha value is -3.07. The van der Waals surface area contributed by atoms with Crippen LogP contribution in [-0.4, -0.2) is 9.97 Å². The summed E-state index contributed by atoms with van der Waals surface area (Å²) in [6.07, 6.45) is 3.84. The molecule has 0 aliphatic heterocycles. The van der Waals surface area contributed by atoms with Gasteiger partial charge in [-0.2, -0.15) is 4.57 Å². The second kappa shape index (κ2) is 6.58. The number of aryl methyl sites for hydroxylation is 4. The van der Waals surface area contributed by atoms with Crippen LogP contribution in [0.5, 0.6) is 0 Å². The van der Waals surface area contributed by atoms with Crippen LogP contribution >= 0.6 is 0 Å². The average Bonchev–Trinajstić information content (AvgIpc) is 2.66. The zero-order valence-corrected chi connectivity index (χ0v) is 16.5. The van der Waals surface area contributed by atoms with Gasteiger partial charge >= 0.3 is 0 Å². The van der Waals surface area contributed by atoms with Crippen LogP contribution < -0.4 is 4.57 Å². The van der Waals surface area contributed by atoms with E-state index < -0.39 is 0 Å². The summed E-state index contributed by atoms with van der Waals surface area (Å²) in [5, 5.41) is 1.21. The number of benzene rings is 2. The summed E-state index contributed by atoms with van der Waals surface area (Å²) >= 11 is 0. The van der Waals surface area contributed by atoms with E-state index in [0.717, 1.165) is 17.0 Å². The molecule has 0 saturated carbocycles. The van der Waals surface area contributed by atoms with Gasteiger partial charge in [-0.05, 0) is 51.0 Å². The topological polar surface area (TPSA) is 29.7 Å². The molecule has 0 radical (unpaired) electrons. The smallest absolute Gasteiger partial charge is 0.213 e. The third-order valence-electron chi connectivity index (χ3n) is 5.38. The lowest BCUT2D eigenvalue weighted by Crippen LogP contribution is -2.32. The highest BCUT2D eigenvalue weighted by Gasteiger charge is 2.21. The van der Waals surface area contributed by atoms with E-state index in [1.54, 1.807) is 0 Å². The summed E-state index contributed by atoms with van der Waals surface area (Å²) in [7, 11) is 2.14. The molecule has 0 amide bonds. The Morgan fingerprint density at radius 3 is 2.26 bits per heavy atom. The number of fused-ring (bicyclic) bond motifs is 1. The third-order valence-corrected chi connectivity index (χ3v) is 5.38. The van der Waals surface area contributed by atoms with Crippen LogP contribution in [0.2, 0.25) is 0 Å². The van der Waals surface area contributed by atoms with Gasteiger partial charge in [-0.1, -0.05) is 23.8 Å². The van der Waals surface area contributed by atoms with Gasteiger partial charge < -0.3 is 0 Å². The van der Waals surface area contributed by atoms with E-state index in [0.29, 0.717) is 0 Å². The van der Waals surface area contributed by atoms with Crippen molar-refractivity contribution in [1.82, 2.24) is 9.97 Å². The minimum atomic E-state index is 0.787. The van der Waals surface area contributed by atoms with E-state index >= 15 is 0 Å². The maximum atomic E-state index is 4.42. The molecule has 0 fully saturated rings. The second-order valence-electron chi connectivity index (χ2n) is 7.29. The molecule has 4 aromatic rings. The van der Waals surface area contributed by atoms with Crippen LogP contribution in [-0.2, 0) is 7.05 Å². The number of rotatable bonds is 2. The molecule has 134 valence electrons. The largest absolute Gasteiger partial charge is 0.241 e. The lowest BCUT2D eigenvalue weighted by Gasteiger charge is -2.13. The van der Waals surface area contributed by atoms with Crippen molar-refractivity contribution in [1.29, 1.82) is 0 Å². The lowest BCUT2D eigenvalue weighted by atomic mass is 9.94. The van der Waals surface area contributed by atoms with Gasteiger partial charge in [0.05, 0.1) is 5.39 Å². The Balaban J connectivity index is 2.09. The predicted octanol–water partition coefficient (Wildman–Crippen LogP) is 5.02. The zero-order chi connectivity index (χ0) is 19.1. The van der Waals surface area contributed by atoms with Crippen LogP contribution in [0.4, 0.5) is 0 Å². The third kappa shape index (κ3) is 2.99. The van der Waals surface area contributed by atoms with E-state index in [1.165, 1.54) is 38.9 Å². The highest BCUT2D eigenvalue weighted by Crippen LogP contribution is 2.32. The van der Waals surface area contributed by atoms with Gasteiger partial charge in [0.1, 0.15) is 12.9 Å². The van der Waals surface area contributed by atoms with Crippen molar-refractivity contribution < 1.29 is 4.57 Å². The van der Waals surface area contributed by atoms with Gasteiger partial charge in [0.15, 0.2) is 0 Å². The molecule has 3 nitrogen and oxygen atoms in total. The fraction of sp³-hybridized carbons (Fsp3) is 0.208. The van der Waals surface area contributed by atoms with Crippen molar-refractivity contribution in [2.75, 3.05) is 0 Å². The van der Waals surface area contributed by atoms with Crippen LogP contribution in [0, 0.1) is 27.7 Å². The van der Waals surface area contributed by atoms with E-state index in [9.17, 15) is 0 Å². The monoisotopic (exact) mass is 354 g/mol. The Morgan fingerprint density at radius 1 is 0.815 bits per heavy atom. The van der Waals surface area contributed by atoms with Crippen molar-refractivity contribution in [3.8, 4) is 22.4 Å². The van der Waals surface area contributed by atoms with Gasteiger partial charge in [0, 0.05) is 41.2 Å². The molecule has 0 aliphatic carbocycles. The van der Waals surface area contributed by atoms with Gasteiger partial charge in [0.25, 0.3) is 0 Å². The summed E-state index contributed by atoms with van der Waals surface area (Å²) in [5.74, 6) is 0.787. The summed E-state index contributed by atoms with van der Waals surface area (Å²) in [4.78, 5) is 8.83. The molecular weight excluding hydrogens is 330 g/mol. The molecule has 27 heavy (non-hydrogen) atoms. The molecule has 0 bridgehead atoms. The molecular formula is C24H24N3+. The van der Waals surface area contributed by atoms with Gasteiger partial charge in [-0.25, -0.2) is 9.97 Å². The normalized spacial score (nSPS) is 11.1. The Morgan fingerprint density at radius 2 is 1.52 bits per heavy atom. The van der Waals surface area contributed by atoms with Crippen LogP contribution in [0.3, 0.4) is 0 Å². The zero-order valence-electron chi connectivity index (χ0n) is 16.5. The first-order valence-corrected chi connectivity index (χ1v) is 9.24. The predicted molar refractivity (Wildman–Crippen MR) is 111 cm³/mol. The molecule has 2 aromatic carbocycles. The maximum absolute atomic E-state index is 4.42. The van der Waals surface area contributed by atoms with Crippen molar-refractivity contribution in [3.05, 3.63) is 77.4 Å². The first-order chi connectivity index (χ1) is 13.0. The number of hydrogen-bond acceptors (Lipinski definition) is 2. The molecule has 0 N–H and O–H groups in total. The van der Waals surface area contributed by atoms with Crippen LogP contribution in [0.15, 0.2) is 54.9 Å². The minimum absolute atomic E-state index is 0.787. The van der Waals surface area contributed by atoms with Crippen molar-refractivity contribution in [2.24, 2.45) is 7.05 Å². The van der Waals surface area contributed by atoms with Crippen LogP contribution in [0.25, 0.3) is 33.3 Å². The van der Waals surface area contributed by atoms with E-state index in [4.69, 9.17) is 0 Å². The van der Waals surface area contributed by atoms with Crippen molar-refractivity contribution in [2.45, 2.75) is 27.7 Å². The van der Waals surface area contributed by atoms with E-state index in [-0.39, 0.29) is 0 Å². The Labute approximate surface area is 160 Å². The first-order valence-electron chi connectivity index (χ1n) is 9.24. The molecule has 2 heterocycles. The number of nitrogens with zero attached hydrogens (tertiary/aromatic N) is 3. The summed E-state index contributed by atoms with van der Waals surface area (Å²) in [6, 6.07) is 15.3. The number of pyridine rings is 1. The van der Waals surface area contributed by atoms with Gasteiger partial charge in [0.2, 0.25) is 11.2 Å². The van der Waals surface area contributed by atoms with E-state index in [1.807, 2.05) is 19.3 Å². The quantitative estimate of drug-likeness (QED) is 0.473. The second-order valence-corrected chi connectivity index (χ2v) is 7.29. The Kier molecular flexibility index (Phi) is 4.23. The first kappa shape index (κ1) is 17.3. The summed E-state index contributed by atoms with van der Waals surface area (Å²) < 4.78 is 2.29.